The summed E-state index contributed by atoms with van der Waals surface area (Å²) in [4.78, 5) is 2.37. The molecule has 1 rings (SSSR count). The average Bonchev–Trinajstić information content (AvgIpc) is 2.08. The van der Waals surface area contributed by atoms with Gasteiger partial charge in [-0.05, 0) is 0 Å². The van der Waals surface area contributed by atoms with Gasteiger partial charge < -0.3 is 0 Å². The first-order valence-corrected chi connectivity index (χ1v) is 3.13. The monoisotopic (exact) mass is 229 g/mol. The number of diazo groups is 1. The molecule has 0 amide bonds. The normalized spacial score (nSPS) is 8.85. The third-order valence-electron chi connectivity index (χ3n) is 1.19. The van der Waals surface area contributed by atoms with Crippen molar-refractivity contribution in [3.63, 3.8) is 0 Å². The summed E-state index contributed by atoms with van der Waals surface area (Å²) in [6, 6.07) is 0.399. The summed E-state index contributed by atoms with van der Waals surface area (Å²) in [5.41, 5.74) is -0.737. The summed E-state index contributed by atoms with van der Waals surface area (Å²) >= 11 is 5.01. The highest BCUT2D eigenvalue weighted by Crippen LogP contribution is 2.29. The summed E-state index contributed by atoms with van der Waals surface area (Å²) < 4.78 is 37.5. The minimum Gasteiger partial charge on any atom is -0.203 e. The van der Waals surface area contributed by atoms with Crippen molar-refractivity contribution < 1.29 is 13.2 Å². The predicted molar refractivity (Wildman–Crippen MR) is 43.3 cm³/mol. The van der Waals surface area contributed by atoms with Gasteiger partial charge in [-0.2, -0.15) is 4.39 Å². The van der Waals surface area contributed by atoms with Crippen LogP contribution in [0.2, 0.25) is 5.02 Å². The van der Waals surface area contributed by atoms with Crippen LogP contribution in [0.25, 0.3) is 4.98 Å². The van der Waals surface area contributed by atoms with E-state index in [1.165, 1.54) is 0 Å². The Bertz CT molecular complexity index is 375. The smallest absolute Gasteiger partial charge is 0.203 e. The number of hydrogen-bond acceptors (Lipinski definition) is 1. The molecule has 13 heavy (non-hydrogen) atoms. The molecule has 2 nitrogen and oxygen atoms in total. The second-order valence-corrected chi connectivity index (χ2v) is 2.30. The van der Waals surface area contributed by atoms with Gasteiger partial charge >= 0.3 is 5.69 Å². The van der Waals surface area contributed by atoms with Crippen molar-refractivity contribution >= 4 is 29.7 Å². The molecule has 0 spiro atoms. The molecule has 0 aromatic heterocycles. The fraction of sp³-hybridized carbons (Fsp3) is 0. The second kappa shape index (κ2) is 4.30. The second-order valence-electron chi connectivity index (χ2n) is 1.92. The highest BCUT2D eigenvalue weighted by molar-refractivity contribution is 6.31. The first-order chi connectivity index (χ1) is 5.57. The number of benzene rings is 1. The van der Waals surface area contributed by atoms with Crippen LogP contribution in [0.15, 0.2) is 6.07 Å². The van der Waals surface area contributed by atoms with Gasteiger partial charge in [-0.1, -0.05) is 11.6 Å². The van der Waals surface area contributed by atoms with E-state index in [1.54, 1.807) is 0 Å². The van der Waals surface area contributed by atoms with Gasteiger partial charge in [-0.15, -0.1) is 12.4 Å². The van der Waals surface area contributed by atoms with Crippen molar-refractivity contribution in [1.82, 2.24) is 0 Å². The lowest BCUT2D eigenvalue weighted by Crippen LogP contribution is -1.89. The Labute approximate surface area is 82.3 Å². The maximum absolute atomic E-state index is 12.7. The molecule has 0 unspecified atom stereocenters. The van der Waals surface area contributed by atoms with Gasteiger partial charge in [-0.3, -0.25) is 0 Å². The molecular weight excluding hydrogens is 228 g/mol. The van der Waals surface area contributed by atoms with Crippen LogP contribution in [-0.2, 0) is 0 Å². The van der Waals surface area contributed by atoms with E-state index in [2.05, 4.69) is 4.98 Å². The molecule has 0 radical (unpaired) electrons. The quantitative estimate of drug-likeness (QED) is 0.379. The molecule has 0 aliphatic carbocycles. The zero-order chi connectivity index (χ0) is 9.30. The van der Waals surface area contributed by atoms with Crippen LogP contribution in [0, 0.1) is 22.8 Å². The van der Waals surface area contributed by atoms with Crippen molar-refractivity contribution in [3.8, 4) is 0 Å². The van der Waals surface area contributed by atoms with E-state index in [9.17, 15) is 13.2 Å². The van der Waals surface area contributed by atoms with E-state index in [1.807, 2.05) is 0 Å². The summed E-state index contributed by atoms with van der Waals surface area (Å²) in [5, 5.41) is 7.07. The summed E-state index contributed by atoms with van der Waals surface area (Å²) in [6.07, 6.45) is 0. The third-order valence-corrected chi connectivity index (χ3v) is 1.52. The summed E-state index contributed by atoms with van der Waals surface area (Å²) in [7, 11) is 0. The van der Waals surface area contributed by atoms with Crippen LogP contribution in [0.5, 0.6) is 0 Å². The standard InChI is InChI=1S/C6HClF3N2.ClH/c7-4-5(9)2(8)1-3(12-11)6(4)10;/h1H;1H/q+1;. The molecule has 0 aliphatic rings. The van der Waals surface area contributed by atoms with Gasteiger partial charge in [0.2, 0.25) is 11.2 Å². The van der Waals surface area contributed by atoms with E-state index in [4.69, 9.17) is 17.0 Å². The fourth-order valence-corrected chi connectivity index (χ4v) is 0.820. The van der Waals surface area contributed by atoms with Crippen molar-refractivity contribution in [1.29, 1.82) is 5.39 Å². The number of hydrogen-bond donors (Lipinski definition) is 0. The number of halogens is 5. The van der Waals surface area contributed by atoms with Gasteiger partial charge in [-0.25, -0.2) is 8.78 Å². The molecule has 0 heterocycles. The Hall–Kier alpha value is -0.990. The zero-order valence-corrected chi connectivity index (χ0v) is 7.46. The van der Waals surface area contributed by atoms with Gasteiger partial charge in [0.1, 0.15) is 5.02 Å². The van der Waals surface area contributed by atoms with Crippen LogP contribution in [0.1, 0.15) is 0 Å². The SMILES string of the molecule is Cl.N#[N+]c1cc(F)c(F)c(Cl)c1F. The lowest BCUT2D eigenvalue weighted by atomic mass is 10.3. The predicted octanol–water partition coefficient (Wildman–Crippen LogP) is 3.66. The molecule has 7 heteroatoms. The van der Waals surface area contributed by atoms with E-state index in [0.29, 0.717) is 6.07 Å². The highest BCUT2D eigenvalue weighted by atomic mass is 35.5. The molecular formula is C6H2Cl2F3N2+. The largest absolute Gasteiger partial charge is 0.424 e. The van der Waals surface area contributed by atoms with Crippen molar-refractivity contribution in [3.05, 3.63) is 33.5 Å². The molecule has 0 atom stereocenters. The molecule has 1 aromatic carbocycles. The van der Waals surface area contributed by atoms with E-state index >= 15 is 0 Å². The maximum atomic E-state index is 12.7. The average molecular weight is 230 g/mol. The lowest BCUT2D eigenvalue weighted by Gasteiger charge is -1.93. The van der Waals surface area contributed by atoms with Crippen molar-refractivity contribution in [2.24, 2.45) is 0 Å². The molecule has 0 fully saturated rings. The molecule has 70 valence electrons. The Morgan fingerprint density at radius 1 is 1.23 bits per heavy atom. The van der Waals surface area contributed by atoms with Crippen molar-refractivity contribution in [2.75, 3.05) is 0 Å². The molecule has 0 bridgehead atoms. The highest BCUT2D eigenvalue weighted by Gasteiger charge is 2.24. The van der Waals surface area contributed by atoms with E-state index in [0.717, 1.165) is 0 Å². The Morgan fingerprint density at radius 2 is 1.77 bits per heavy atom. The van der Waals surface area contributed by atoms with Gasteiger partial charge in [0, 0.05) is 0 Å². The van der Waals surface area contributed by atoms with E-state index in [-0.39, 0.29) is 12.4 Å². The van der Waals surface area contributed by atoms with Crippen LogP contribution < -0.4 is 0 Å². The Morgan fingerprint density at radius 3 is 2.23 bits per heavy atom. The van der Waals surface area contributed by atoms with E-state index < -0.39 is 28.2 Å². The van der Waals surface area contributed by atoms with Gasteiger partial charge in [0.25, 0.3) is 0 Å². The molecule has 0 N–H and O–H groups in total. The van der Waals surface area contributed by atoms with Gasteiger partial charge in [0.15, 0.2) is 16.6 Å². The molecule has 0 saturated heterocycles. The Kier molecular flexibility index (Phi) is 3.98. The molecule has 1 aromatic rings. The zero-order valence-electron chi connectivity index (χ0n) is 5.89. The van der Waals surface area contributed by atoms with Crippen molar-refractivity contribution in [2.45, 2.75) is 0 Å². The first-order valence-electron chi connectivity index (χ1n) is 2.76. The molecule has 0 saturated carbocycles. The number of nitrogens with zero attached hydrogens (tertiary/aromatic N) is 2. The fourth-order valence-electron chi connectivity index (χ4n) is 0.633. The van der Waals surface area contributed by atoms with Gasteiger partial charge in [0.05, 0.1) is 6.07 Å². The van der Waals surface area contributed by atoms with Crippen LogP contribution >= 0.6 is 24.0 Å². The third kappa shape index (κ3) is 2.02. The Balaban J connectivity index is 0.00000144. The molecule has 0 aliphatic heterocycles. The first kappa shape index (κ1) is 12.0. The lowest BCUT2D eigenvalue weighted by molar-refractivity contribution is 0.497. The maximum Gasteiger partial charge on any atom is 0.424 e. The van der Waals surface area contributed by atoms with Crippen LogP contribution in [0.4, 0.5) is 18.9 Å². The topological polar surface area (TPSA) is 28.1 Å². The van der Waals surface area contributed by atoms with Crippen LogP contribution in [0.3, 0.4) is 0 Å². The summed E-state index contributed by atoms with van der Waals surface area (Å²) in [6.45, 7) is 0. The number of rotatable bonds is 0. The minimum atomic E-state index is -1.50. The minimum absolute atomic E-state index is 0. The summed E-state index contributed by atoms with van der Waals surface area (Å²) in [5.74, 6) is -4.16. The van der Waals surface area contributed by atoms with Crippen LogP contribution in [-0.4, -0.2) is 0 Å².